The van der Waals surface area contributed by atoms with E-state index in [4.69, 9.17) is 0 Å². The smallest absolute Gasteiger partial charge is 0.233 e. The van der Waals surface area contributed by atoms with Crippen LogP contribution in [-0.2, 0) is 9.59 Å². The van der Waals surface area contributed by atoms with E-state index in [-0.39, 0.29) is 34.5 Å². The first kappa shape index (κ1) is 18.2. The van der Waals surface area contributed by atoms with Crippen molar-refractivity contribution in [3.63, 3.8) is 0 Å². The van der Waals surface area contributed by atoms with Crippen molar-refractivity contribution < 1.29 is 9.59 Å². The predicted molar refractivity (Wildman–Crippen MR) is 86.7 cm³/mol. The van der Waals surface area contributed by atoms with E-state index in [9.17, 15) is 9.59 Å². The van der Waals surface area contributed by atoms with E-state index in [1.54, 1.807) is 0 Å². The fraction of sp³-hybridized carbons (Fsp3) is 0.889. The largest absolute Gasteiger partial charge is 0.277 e. The molecule has 1 aliphatic heterocycles. The van der Waals surface area contributed by atoms with Gasteiger partial charge >= 0.3 is 0 Å². The fourth-order valence-corrected chi connectivity index (χ4v) is 3.22. The van der Waals surface area contributed by atoms with Crippen LogP contribution in [0.25, 0.3) is 0 Å². The minimum Gasteiger partial charge on any atom is -0.277 e. The number of imide groups is 1. The van der Waals surface area contributed by atoms with Crippen LogP contribution in [0.1, 0.15) is 75.2 Å². The zero-order chi connectivity index (χ0) is 16.8. The lowest BCUT2D eigenvalue weighted by atomic mass is 9.74. The second kappa shape index (κ2) is 5.40. The molecule has 1 fully saturated rings. The van der Waals surface area contributed by atoms with E-state index in [0.29, 0.717) is 0 Å². The van der Waals surface area contributed by atoms with Crippen LogP contribution in [0.5, 0.6) is 0 Å². The molecule has 0 saturated carbocycles. The van der Waals surface area contributed by atoms with Gasteiger partial charge in [-0.15, -0.1) is 0 Å². The molecule has 0 bridgehead atoms. The monoisotopic (exact) mass is 295 g/mol. The van der Waals surface area contributed by atoms with Gasteiger partial charge in [-0.1, -0.05) is 41.5 Å². The lowest BCUT2D eigenvalue weighted by Gasteiger charge is -2.31. The topological polar surface area (TPSA) is 37.4 Å². The van der Waals surface area contributed by atoms with Crippen molar-refractivity contribution in [2.24, 2.45) is 22.7 Å². The number of amides is 2. The van der Waals surface area contributed by atoms with E-state index >= 15 is 0 Å². The molecule has 2 unspecified atom stereocenters. The summed E-state index contributed by atoms with van der Waals surface area (Å²) in [4.78, 5) is 27.2. The Morgan fingerprint density at radius 3 is 1.19 bits per heavy atom. The molecule has 1 saturated heterocycles. The number of likely N-dealkylation sites (tertiary alicyclic amines) is 1. The summed E-state index contributed by atoms with van der Waals surface area (Å²) in [5, 5.41) is 0. The van der Waals surface area contributed by atoms with E-state index in [1.807, 2.05) is 20.8 Å². The molecule has 21 heavy (non-hydrogen) atoms. The molecule has 1 heterocycles. The van der Waals surface area contributed by atoms with Gasteiger partial charge in [-0.25, -0.2) is 0 Å². The predicted octanol–water partition coefficient (Wildman–Crippen LogP) is 4.26. The highest BCUT2D eigenvalue weighted by Crippen LogP contribution is 2.43. The minimum absolute atomic E-state index is 0.0247. The Labute approximate surface area is 130 Å². The van der Waals surface area contributed by atoms with Crippen LogP contribution < -0.4 is 0 Å². The molecule has 0 aromatic carbocycles. The van der Waals surface area contributed by atoms with Crippen molar-refractivity contribution in [3.8, 4) is 0 Å². The molecule has 0 spiro atoms. The van der Waals surface area contributed by atoms with Gasteiger partial charge in [-0.05, 0) is 44.4 Å². The molecular weight excluding hydrogens is 262 g/mol. The van der Waals surface area contributed by atoms with Gasteiger partial charge in [-0.3, -0.25) is 14.5 Å². The molecule has 1 aliphatic rings. The maximum absolute atomic E-state index is 12.8. The van der Waals surface area contributed by atoms with Crippen LogP contribution in [0.3, 0.4) is 0 Å². The van der Waals surface area contributed by atoms with E-state index in [1.165, 1.54) is 4.90 Å². The van der Waals surface area contributed by atoms with Gasteiger partial charge in [0, 0.05) is 5.54 Å². The Bertz CT molecular complexity index is 384. The SMILES string of the molecule is CC(C)(C)CC1C(=O)N(C(C)(C)C)C(=O)C1CC(C)(C)C. The third-order valence-electron chi connectivity index (χ3n) is 3.90. The van der Waals surface area contributed by atoms with Crippen LogP contribution in [0.2, 0.25) is 0 Å². The molecule has 122 valence electrons. The van der Waals surface area contributed by atoms with Gasteiger partial charge in [0.2, 0.25) is 11.8 Å². The summed E-state index contributed by atoms with van der Waals surface area (Å²) in [6.45, 7) is 18.6. The average Bonchev–Trinajstić information content (AvgIpc) is 2.37. The van der Waals surface area contributed by atoms with Crippen LogP contribution in [0.15, 0.2) is 0 Å². The summed E-state index contributed by atoms with van der Waals surface area (Å²) >= 11 is 0. The van der Waals surface area contributed by atoms with E-state index in [0.717, 1.165) is 12.8 Å². The van der Waals surface area contributed by atoms with Gasteiger partial charge in [-0.2, -0.15) is 0 Å². The minimum atomic E-state index is -0.434. The summed E-state index contributed by atoms with van der Waals surface area (Å²) in [7, 11) is 0. The van der Waals surface area contributed by atoms with Crippen LogP contribution >= 0.6 is 0 Å². The molecule has 1 rings (SSSR count). The van der Waals surface area contributed by atoms with E-state index < -0.39 is 5.54 Å². The first-order valence-electron chi connectivity index (χ1n) is 8.01. The van der Waals surface area contributed by atoms with Gasteiger partial charge in [0.15, 0.2) is 0 Å². The van der Waals surface area contributed by atoms with Gasteiger partial charge in [0.1, 0.15) is 0 Å². The second-order valence-electron chi connectivity index (χ2n) is 9.93. The van der Waals surface area contributed by atoms with Gasteiger partial charge < -0.3 is 0 Å². The van der Waals surface area contributed by atoms with Crippen molar-refractivity contribution in [3.05, 3.63) is 0 Å². The van der Waals surface area contributed by atoms with Crippen molar-refractivity contribution in [2.75, 3.05) is 0 Å². The number of hydrogen-bond acceptors (Lipinski definition) is 2. The highest BCUT2D eigenvalue weighted by molar-refractivity contribution is 6.05. The summed E-state index contributed by atoms with van der Waals surface area (Å²) in [5.41, 5.74) is -0.341. The normalized spacial score (nSPS) is 24.9. The number of rotatable bonds is 2. The summed E-state index contributed by atoms with van der Waals surface area (Å²) in [6, 6.07) is 0. The zero-order valence-corrected chi connectivity index (χ0v) is 15.3. The average molecular weight is 295 g/mol. The first-order valence-corrected chi connectivity index (χ1v) is 8.01. The number of carbonyl (C=O) groups excluding carboxylic acids is 2. The van der Waals surface area contributed by atoms with Gasteiger partial charge in [0.25, 0.3) is 0 Å². The zero-order valence-electron chi connectivity index (χ0n) is 15.3. The third kappa shape index (κ3) is 4.55. The Balaban J connectivity index is 3.17. The first-order chi connectivity index (χ1) is 9.13. The molecule has 0 radical (unpaired) electrons. The molecule has 0 aliphatic carbocycles. The van der Waals surface area contributed by atoms with Gasteiger partial charge in [0.05, 0.1) is 11.8 Å². The molecule has 2 atom stereocenters. The number of hydrogen-bond donors (Lipinski definition) is 0. The molecule has 2 amide bonds. The van der Waals surface area contributed by atoms with Crippen LogP contribution in [0, 0.1) is 22.7 Å². The number of nitrogens with zero attached hydrogens (tertiary/aromatic N) is 1. The Hall–Kier alpha value is -0.860. The molecule has 0 N–H and O–H groups in total. The van der Waals surface area contributed by atoms with Crippen LogP contribution in [0.4, 0.5) is 0 Å². The van der Waals surface area contributed by atoms with Crippen LogP contribution in [-0.4, -0.2) is 22.3 Å². The van der Waals surface area contributed by atoms with Crippen molar-refractivity contribution >= 4 is 11.8 Å². The Kier molecular flexibility index (Phi) is 4.68. The fourth-order valence-electron chi connectivity index (χ4n) is 3.22. The van der Waals surface area contributed by atoms with Crippen molar-refractivity contribution in [1.29, 1.82) is 0 Å². The summed E-state index contributed by atoms with van der Waals surface area (Å²) in [5.74, 6) is -0.291. The molecule has 3 heteroatoms. The quantitative estimate of drug-likeness (QED) is 0.714. The molecular formula is C18H33NO2. The van der Waals surface area contributed by atoms with E-state index in [2.05, 4.69) is 41.5 Å². The second-order valence-corrected chi connectivity index (χ2v) is 9.93. The third-order valence-corrected chi connectivity index (χ3v) is 3.90. The molecule has 0 aromatic heterocycles. The summed E-state index contributed by atoms with van der Waals surface area (Å²) < 4.78 is 0. The Morgan fingerprint density at radius 1 is 0.714 bits per heavy atom. The van der Waals surface area contributed by atoms with Crippen molar-refractivity contribution in [1.82, 2.24) is 4.90 Å². The lowest BCUT2D eigenvalue weighted by molar-refractivity contribution is -0.145. The molecule has 3 nitrogen and oxygen atoms in total. The maximum atomic E-state index is 12.8. The lowest BCUT2D eigenvalue weighted by Crippen LogP contribution is -2.46. The highest BCUT2D eigenvalue weighted by Gasteiger charge is 2.52. The Morgan fingerprint density at radius 2 is 1.00 bits per heavy atom. The highest BCUT2D eigenvalue weighted by atomic mass is 16.2. The summed E-state index contributed by atoms with van der Waals surface area (Å²) in [6.07, 6.45) is 1.54. The maximum Gasteiger partial charge on any atom is 0.233 e. The standard InChI is InChI=1S/C18H33NO2/c1-16(2,3)10-12-13(11-17(4,5)6)15(21)19(14(12)20)18(7,8)9/h12-13H,10-11H2,1-9H3. The van der Waals surface area contributed by atoms with Crippen molar-refractivity contribution in [2.45, 2.75) is 80.7 Å². The number of carbonyl (C=O) groups is 2. The molecule has 0 aromatic rings.